The SMILES string of the molecule is CC(C)Oc1ccc2nc(N)c(C#N)cc2c1. The topological polar surface area (TPSA) is 71.9 Å². The van der Waals surface area contributed by atoms with Crippen molar-refractivity contribution in [1.82, 2.24) is 4.98 Å². The van der Waals surface area contributed by atoms with E-state index in [2.05, 4.69) is 4.98 Å². The molecule has 1 aromatic heterocycles. The van der Waals surface area contributed by atoms with Crippen molar-refractivity contribution < 1.29 is 4.74 Å². The van der Waals surface area contributed by atoms with Gasteiger partial charge in [0, 0.05) is 5.39 Å². The molecule has 2 rings (SSSR count). The molecule has 0 amide bonds. The van der Waals surface area contributed by atoms with E-state index in [9.17, 15) is 0 Å². The van der Waals surface area contributed by atoms with Crippen LogP contribution in [-0.2, 0) is 0 Å². The maximum Gasteiger partial charge on any atom is 0.142 e. The Balaban J connectivity index is 2.53. The van der Waals surface area contributed by atoms with Gasteiger partial charge in [0.1, 0.15) is 17.6 Å². The fraction of sp³-hybridized carbons (Fsp3) is 0.231. The third-order valence-corrected chi connectivity index (χ3v) is 2.31. The van der Waals surface area contributed by atoms with Crippen LogP contribution in [0, 0.1) is 11.3 Å². The maximum atomic E-state index is 8.89. The molecule has 0 saturated carbocycles. The first-order valence-corrected chi connectivity index (χ1v) is 5.37. The minimum Gasteiger partial charge on any atom is -0.491 e. The van der Waals surface area contributed by atoms with Crippen LogP contribution in [-0.4, -0.2) is 11.1 Å². The number of aromatic nitrogens is 1. The molecule has 1 aromatic carbocycles. The lowest BCUT2D eigenvalue weighted by Gasteiger charge is -2.10. The van der Waals surface area contributed by atoms with E-state index in [1.807, 2.05) is 38.1 Å². The van der Waals surface area contributed by atoms with E-state index in [4.69, 9.17) is 15.7 Å². The van der Waals surface area contributed by atoms with Gasteiger partial charge in [-0.3, -0.25) is 0 Å². The Labute approximate surface area is 99.6 Å². The Hall–Kier alpha value is -2.28. The molecule has 0 bridgehead atoms. The smallest absolute Gasteiger partial charge is 0.142 e. The number of nitriles is 1. The lowest BCUT2D eigenvalue weighted by molar-refractivity contribution is 0.243. The Bertz CT molecular complexity index is 599. The second kappa shape index (κ2) is 4.30. The third-order valence-electron chi connectivity index (χ3n) is 2.31. The number of ether oxygens (including phenoxy) is 1. The molecule has 0 aliphatic rings. The normalized spacial score (nSPS) is 10.5. The van der Waals surface area contributed by atoms with E-state index in [0.717, 1.165) is 16.7 Å². The van der Waals surface area contributed by atoms with Crippen molar-refractivity contribution in [2.24, 2.45) is 0 Å². The molecule has 0 unspecified atom stereocenters. The van der Waals surface area contributed by atoms with Crippen molar-refractivity contribution in [3.05, 3.63) is 29.8 Å². The molecule has 1 heterocycles. The van der Waals surface area contributed by atoms with Gasteiger partial charge in [-0.15, -0.1) is 0 Å². The van der Waals surface area contributed by atoms with Crippen LogP contribution in [0.25, 0.3) is 10.9 Å². The van der Waals surface area contributed by atoms with Crippen LogP contribution < -0.4 is 10.5 Å². The summed E-state index contributed by atoms with van der Waals surface area (Å²) in [6, 6.07) is 9.30. The van der Waals surface area contributed by atoms with Gasteiger partial charge in [-0.2, -0.15) is 5.26 Å². The molecule has 4 heteroatoms. The minimum absolute atomic E-state index is 0.115. The summed E-state index contributed by atoms with van der Waals surface area (Å²) >= 11 is 0. The van der Waals surface area contributed by atoms with E-state index in [1.54, 1.807) is 6.07 Å². The summed E-state index contributed by atoms with van der Waals surface area (Å²) in [4.78, 5) is 4.17. The molecule has 2 N–H and O–H groups in total. The summed E-state index contributed by atoms with van der Waals surface area (Å²) in [7, 11) is 0. The number of nitrogens with zero attached hydrogens (tertiary/aromatic N) is 2. The standard InChI is InChI=1S/C13H13N3O/c1-8(2)17-11-3-4-12-9(6-11)5-10(7-14)13(15)16-12/h3-6,8H,1-2H3,(H2,15,16). The van der Waals surface area contributed by atoms with Crippen LogP contribution >= 0.6 is 0 Å². The average Bonchev–Trinajstić information content (AvgIpc) is 2.28. The molecule has 0 spiro atoms. The van der Waals surface area contributed by atoms with E-state index < -0.39 is 0 Å². The number of benzene rings is 1. The lowest BCUT2D eigenvalue weighted by Crippen LogP contribution is -2.05. The van der Waals surface area contributed by atoms with Gasteiger partial charge >= 0.3 is 0 Å². The zero-order valence-corrected chi connectivity index (χ0v) is 9.77. The zero-order valence-electron chi connectivity index (χ0n) is 9.77. The predicted octanol–water partition coefficient (Wildman–Crippen LogP) is 2.48. The molecular weight excluding hydrogens is 214 g/mol. The molecule has 86 valence electrons. The summed E-state index contributed by atoms with van der Waals surface area (Å²) in [5.41, 5.74) is 6.80. The number of nitrogen functional groups attached to an aromatic ring is 1. The molecule has 0 fully saturated rings. The molecule has 0 atom stereocenters. The second-order valence-electron chi connectivity index (χ2n) is 4.05. The Morgan fingerprint density at radius 1 is 1.35 bits per heavy atom. The molecule has 0 aliphatic carbocycles. The first-order valence-electron chi connectivity index (χ1n) is 5.37. The van der Waals surface area contributed by atoms with Crippen molar-refractivity contribution in [3.8, 4) is 11.8 Å². The lowest BCUT2D eigenvalue weighted by atomic mass is 10.1. The number of nitrogens with two attached hydrogens (primary N) is 1. The zero-order chi connectivity index (χ0) is 12.4. The maximum absolute atomic E-state index is 8.89. The highest BCUT2D eigenvalue weighted by Crippen LogP contribution is 2.23. The van der Waals surface area contributed by atoms with Crippen LogP contribution in [0.15, 0.2) is 24.3 Å². The monoisotopic (exact) mass is 227 g/mol. The van der Waals surface area contributed by atoms with Crippen LogP contribution in [0.3, 0.4) is 0 Å². The van der Waals surface area contributed by atoms with Gasteiger partial charge < -0.3 is 10.5 Å². The molecule has 0 radical (unpaired) electrons. The van der Waals surface area contributed by atoms with Crippen molar-refractivity contribution in [2.75, 3.05) is 5.73 Å². The van der Waals surface area contributed by atoms with Gasteiger partial charge in [0.15, 0.2) is 0 Å². The highest BCUT2D eigenvalue weighted by molar-refractivity contribution is 5.83. The fourth-order valence-corrected chi connectivity index (χ4v) is 1.60. The summed E-state index contributed by atoms with van der Waals surface area (Å²) in [5, 5.41) is 9.75. The Morgan fingerprint density at radius 3 is 2.76 bits per heavy atom. The van der Waals surface area contributed by atoms with Crippen LogP contribution in [0.5, 0.6) is 5.75 Å². The number of hydrogen-bond donors (Lipinski definition) is 1. The Kier molecular flexibility index (Phi) is 2.84. The van der Waals surface area contributed by atoms with Crippen molar-refractivity contribution in [2.45, 2.75) is 20.0 Å². The average molecular weight is 227 g/mol. The minimum atomic E-state index is 0.115. The number of anilines is 1. The second-order valence-corrected chi connectivity index (χ2v) is 4.05. The summed E-state index contributed by atoms with van der Waals surface area (Å²) in [6.07, 6.45) is 0.115. The molecule has 2 aromatic rings. The predicted molar refractivity (Wildman–Crippen MR) is 66.6 cm³/mol. The van der Waals surface area contributed by atoms with E-state index in [1.165, 1.54) is 0 Å². The van der Waals surface area contributed by atoms with Crippen LogP contribution in [0.1, 0.15) is 19.4 Å². The van der Waals surface area contributed by atoms with Crippen molar-refractivity contribution in [3.63, 3.8) is 0 Å². The van der Waals surface area contributed by atoms with Gasteiger partial charge in [-0.1, -0.05) is 0 Å². The van der Waals surface area contributed by atoms with E-state index in [-0.39, 0.29) is 11.9 Å². The molecular formula is C13H13N3O. The van der Waals surface area contributed by atoms with E-state index in [0.29, 0.717) is 5.56 Å². The van der Waals surface area contributed by atoms with Gasteiger partial charge in [0.2, 0.25) is 0 Å². The molecule has 0 saturated heterocycles. The van der Waals surface area contributed by atoms with Gasteiger partial charge in [0.25, 0.3) is 0 Å². The number of rotatable bonds is 2. The summed E-state index contributed by atoms with van der Waals surface area (Å²) in [5.74, 6) is 1.03. The van der Waals surface area contributed by atoms with Gasteiger partial charge in [-0.25, -0.2) is 4.98 Å². The molecule has 0 aliphatic heterocycles. The van der Waals surface area contributed by atoms with Crippen LogP contribution in [0.2, 0.25) is 0 Å². The number of fused-ring (bicyclic) bond motifs is 1. The Morgan fingerprint density at radius 2 is 2.12 bits per heavy atom. The quantitative estimate of drug-likeness (QED) is 0.855. The first kappa shape index (κ1) is 11.2. The van der Waals surface area contributed by atoms with E-state index >= 15 is 0 Å². The number of pyridine rings is 1. The van der Waals surface area contributed by atoms with Crippen molar-refractivity contribution in [1.29, 1.82) is 5.26 Å². The fourth-order valence-electron chi connectivity index (χ4n) is 1.60. The summed E-state index contributed by atoms with van der Waals surface area (Å²) < 4.78 is 5.58. The third kappa shape index (κ3) is 2.28. The largest absolute Gasteiger partial charge is 0.491 e. The van der Waals surface area contributed by atoms with Gasteiger partial charge in [0.05, 0.1) is 17.2 Å². The highest BCUT2D eigenvalue weighted by Gasteiger charge is 2.05. The molecule has 17 heavy (non-hydrogen) atoms. The first-order chi connectivity index (χ1) is 8.10. The number of hydrogen-bond acceptors (Lipinski definition) is 4. The summed E-state index contributed by atoms with van der Waals surface area (Å²) in [6.45, 7) is 3.93. The van der Waals surface area contributed by atoms with Crippen molar-refractivity contribution >= 4 is 16.7 Å². The van der Waals surface area contributed by atoms with Crippen LogP contribution in [0.4, 0.5) is 5.82 Å². The van der Waals surface area contributed by atoms with Gasteiger partial charge in [-0.05, 0) is 38.1 Å². The highest BCUT2D eigenvalue weighted by atomic mass is 16.5. The molecule has 4 nitrogen and oxygen atoms in total.